The zero-order valence-corrected chi connectivity index (χ0v) is 15.0. The van der Waals surface area contributed by atoms with E-state index in [2.05, 4.69) is 55.1 Å². The van der Waals surface area contributed by atoms with Crippen LogP contribution in [0.25, 0.3) is 10.8 Å². The average Bonchev–Trinajstić information content (AvgIpc) is 2.61. The third-order valence-corrected chi connectivity index (χ3v) is 4.73. The molecule has 0 aliphatic carbocycles. The van der Waals surface area contributed by atoms with Gasteiger partial charge in [-0.05, 0) is 53.8 Å². The maximum atomic E-state index is 6.15. The van der Waals surface area contributed by atoms with Gasteiger partial charge in [-0.15, -0.1) is 0 Å². The van der Waals surface area contributed by atoms with Crippen molar-refractivity contribution in [1.29, 1.82) is 0 Å². The Bertz CT molecular complexity index is 647. The summed E-state index contributed by atoms with van der Waals surface area (Å²) in [6, 6.07) is 13.0. The highest BCUT2D eigenvalue weighted by molar-refractivity contribution is 5.85. The van der Waals surface area contributed by atoms with E-state index in [4.69, 9.17) is 9.47 Å². The first-order valence-corrected chi connectivity index (χ1v) is 9.19. The molecule has 3 rings (SSSR count). The Morgan fingerprint density at radius 3 is 2.46 bits per heavy atom. The molecule has 0 atom stereocenters. The average molecular weight is 327 g/mol. The van der Waals surface area contributed by atoms with Gasteiger partial charge in [-0.25, -0.2) is 0 Å². The molecule has 1 heterocycles. The van der Waals surface area contributed by atoms with Crippen molar-refractivity contribution in [3.8, 4) is 5.75 Å². The molecule has 3 heteroatoms. The molecular weight excluding hydrogens is 298 g/mol. The van der Waals surface area contributed by atoms with Gasteiger partial charge in [0.1, 0.15) is 5.75 Å². The fraction of sp³-hybridized carbons (Fsp3) is 0.524. The summed E-state index contributed by atoms with van der Waals surface area (Å²) in [4.78, 5) is 2.49. The molecule has 1 aliphatic rings. The minimum Gasteiger partial charge on any atom is -0.493 e. The van der Waals surface area contributed by atoms with Gasteiger partial charge in [-0.3, -0.25) is 4.90 Å². The van der Waals surface area contributed by atoms with Gasteiger partial charge in [0.2, 0.25) is 0 Å². The lowest BCUT2D eigenvalue weighted by molar-refractivity contribution is 0.0368. The third kappa shape index (κ3) is 4.49. The predicted molar refractivity (Wildman–Crippen MR) is 100 cm³/mol. The Balaban J connectivity index is 1.54. The summed E-state index contributed by atoms with van der Waals surface area (Å²) in [5.41, 5.74) is 1.31. The van der Waals surface area contributed by atoms with Gasteiger partial charge >= 0.3 is 0 Å². The van der Waals surface area contributed by atoms with Crippen molar-refractivity contribution in [2.75, 3.05) is 39.5 Å². The van der Waals surface area contributed by atoms with Crippen LogP contribution in [0, 0.1) is 0 Å². The Morgan fingerprint density at radius 1 is 1.04 bits per heavy atom. The van der Waals surface area contributed by atoms with Gasteiger partial charge in [0.15, 0.2) is 0 Å². The highest BCUT2D eigenvalue weighted by Gasteiger charge is 2.11. The third-order valence-electron chi connectivity index (χ3n) is 4.73. The van der Waals surface area contributed by atoms with E-state index in [0.29, 0.717) is 5.92 Å². The van der Waals surface area contributed by atoms with Gasteiger partial charge in [-0.1, -0.05) is 38.1 Å². The standard InChI is InChI=1S/C21H29NO2/c1-17(2)20-15-18-7-3-4-8-19(18)16-21(20)24-12-6-5-9-22-10-13-23-14-11-22/h3-4,7-8,15-17H,5-6,9-14H2,1-2H3. The van der Waals surface area contributed by atoms with Crippen LogP contribution in [0.4, 0.5) is 0 Å². The monoisotopic (exact) mass is 327 g/mol. The van der Waals surface area contributed by atoms with Crippen LogP contribution in [0.2, 0.25) is 0 Å². The van der Waals surface area contributed by atoms with Gasteiger partial charge in [-0.2, -0.15) is 0 Å². The molecule has 0 N–H and O–H groups in total. The summed E-state index contributed by atoms with van der Waals surface area (Å²) in [6.07, 6.45) is 2.28. The molecule has 0 aromatic heterocycles. The topological polar surface area (TPSA) is 21.7 Å². The van der Waals surface area contributed by atoms with Crippen molar-refractivity contribution < 1.29 is 9.47 Å². The molecule has 0 spiro atoms. The van der Waals surface area contributed by atoms with Crippen molar-refractivity contribution in [3.63, 3.8) is 0 Å². The second-order valence-corrected chi connectivity index (χ2v) is 6.90. The molecule has 0 amide bonds. The van der Waals surface area contributed by atoms with Gasteiger partial charge in [0.25, 0.3) is 0 Å². The Hall–Kier alpha value is -1.58. The molecule has 130 valence electrons. The van der Waals surface area contributed by atoms with Crippen molar-refractivity contribution in [2.45, 2.75) is 32.6 Å². The van der Waals surface area contributed by atoms with Crippen LogP contribution in [0.1, 0.15) is 38.2 Å². The number of hydrogen-bond acceptors (Lipinski definition) is 3. The number of benzene rings is 2. The van der Waals surface area contributed by atoms with Crippen LogP contribution in [-0.4, -0.2) is 44.4 Å². The van der Waals surface area contributed by atoms with Crippen molar-refractivity contribution in [2.24, 2.45) is 0 Å². The van der Waals surface area contributed by atoms with E-state index in [0.717, 1.165) is 51.6 Å². The Labute approximate surface area is 145 Å². The lowest BCUT2D eigenvalue weighted by atomic mass is 9.98. The minimum absolute atomic E-state index is 0.470. The number of morpholine rings is 1. The van der Waals surface area contributed by atoms with Crippen LogP contribution in [0.15, 0.2) is 36.4 Å². The first-order chi connectivity index (χ1) is 11.7. The molecule has 2 aromatic rings. The molecular formula is C21H29NO2. The molecule has 2 aromatic carbocycles. The normalized spacial score (nSPS) is 16.0. The predicted octanol–water partition coefficient (Wildman–Crippen LogP) is 4.45. The van der Waals surface area contributed by atoms with E-state index in [1.165, 1.54) is 22.8 Å². The number of rotatable bonds is 7. The van der Waals surface area contributed by atoms with Crippen molar-refractivity contribution in [1.82, 2.24) is 4.90 Å². The van der Waals surface area contributed by atoms with Gasteiger partial charge in [0.05, 0.1) is 19.8 Å². The highest BCUT2D eigenvalue weighted by Crippen LogP contribution is 2.31. The fourth-order valence-electron chi connectivity index (χ4n) is 3.26. The molecule has 0 saturated carbocycles. The number of ether oxygens (including phenoxy) is 2. The fourth-order valence-corrected chi connectivity index (χ4v) is 3.26. The first kappa shape index (κ1) is 17.2. The molecule has 3 nitrogen and oxygen atoms in total. The largest absolute Gasteiger partial charge is 0.493 e. The number of fused-ring (bicyclic) bond motifs is 1. The van der Waals surface area contributed by atoms with Crippen LogP contribution < -0.4 is 4.74 Å². The van der Waals surface area contributed by atoms with E-state index < -0.39 is 0 Å². The van der Waals surface area contributed by atoms with E-state index in [-0.39, 0.29) is 0 Å². The van der Waals surface area contributed by atoms with Crippen LogP contribution in [-0.2, 0) is 4.74 Å². The summed E-state index contributed by atoms with van der Waals surface area (Å²) in [7, 11) is 0. The zero-order valence-electron chi connectivity index (χ0n) is 15.0. The number of unbranched alkanes of at least 4 members (excludes halogenated alkanes) is 1. The second-order valence-electron chi connectivity index (χ2n) is 6.90. The summed E-state index contributed by atoms with van der Waals surface area (Å²) in [5.74, 6) is 1.52. The van der Waals surface area contributed by atoms with Crippen LogP contribution >= 0.6 is 0 Å². The van der Waals surface area contributed by atoms with E-state index in [1.807, 2.05) is 0 Å². The Morgan fingerprint density at radius 2 is 1.75 bits per heavy atom. The number of hydrogen-bond donors (Lipinski definition) is 0. The zero-order chi connectivity index (χ0) is 16.8. The first-order valence-electron chi connectivity index (χ1n) is 9.19. The summed E-state index contributed by atoms with van der Waals surface area (Å²) < 4.78 is 11.5. The molecule has 24 heavy (non-hydrogen) atoms. The van der Waals surface area contributed by atoms with Crippen LogP contribution in [0.3, 0.4) is 0 Å². The van der Waals surface area contributed by atoms with E-state index in [9.17, 15) is 0 Å². The second kappa shape index (κ2) is 8.50. The van der Waals surface area contributed by atoms with Crippen molar-refractivity contribution in [3.05, 3.63) is 42.0 Å². The highest BCUT2D eigenvalue weighted by atomic mass is 16.5. The summed E-state index contributed by atoms with van der Waals surface area (Å²) in [5, 5.41) is 2.55. The van der Waals surface area contributed by atoms with Crippen molar-refractivity contribution >= 4 is 10.8 Å². The van der Waals surface area contributed by atoms with E-state index in [1.54, 1.807) is 0 Å². The van der Waals surface area contributed by atoms with Gasteiger partial charge in [0, 0.05) is 13.1 Å². The smallest absolute Gasteiger partial charge is 0.123 e. The SMILES string of the molecule is CC(C)c1cc2ccccc2cc1OCCCCN1CCOCC1. The maximum Gasteiger partial charge on any atom is 0.123 e. The molecule has 0 radical (unpaired) electrons. The summed E-state index contributed by atoms with van der Waals surface area (Å²) in [6.45, 7) is 10.3. The van der Waals surface area contributed by atoms with Crippen LogP contribution in [0.5, 0.6) is 5.75 Å². The number of nitrogens with zero attached hydrogens (tertiary/aromatic N) is 1. The lowest BCUT2D eigenvalue weighted by Gasteiger charge is -2.26. The quantitative estimate of drug-likeness (QED) is 0.701. The lowest BCUT2D eigenvalue weighted by Crippen LogP contribution is -2.36. The molecule has 1 fully saturated rings. The van der Waals surface area contributed by atoms with E-state index >= 15 is 0 Å². The molecule has 1 aliphatic heterocycles. The summed E-state index contributed by atoms with van der Waals surface area (Å²) >= 11 is 0. The molecule has 0 unspecified atom stereocenters. The Kier molecular flexibility index (Phi) is 6.11. The minimum atomic E-state index is 0.470. The van der Waals surface area contributed by atoms with Gasteiger partial charge < -0.3 is 9.47 Å². The maximum absolute atomic E-state index is 6.15. The molecule has 0 bridgehead atoms. The molecule has 1 saturated heterocycles.